The Hall–Kier alpha value is -2.34. The third kappa shape index (κ3) is 3.36. The van der Waals surface area contributed by atoms with Crippen LogP contribution in [0.25, 0.3) is 0 Å². The van der Waals surface area contributed by atoms with Crippen molar-refractivity contribution < 1.29 is 13.2 Å². The standard InChI is InChI=1S/C14H12F3N3/c15-14(16,17)11-8-6-10(7-9-11)13(20-18)19-12-4-2-1-3-5-12/h1-9H,18H2,(H,19,20). The van der Waals surface area contributed by atoms with Crippen LogP contribution in [0.1, 0.15) is 11.1 Å². The molecule has 2 aromatic rings. The Morgan fingerprint density at radius 3 is 2.05 bits per heavy atom. The fourth-order valence-electron chi connectivity index (χ4n) is 1.63. The van der Waals surface area contributed by atoms with Gasteiger partial charge in [-0.2, -0.15) is 13.2 Å². The van der Waals surface area contributed by atoms with Gasteiger partial charge >= 0.3 is 6.18 Å². The predicted octanol–water partition coefficient (Wildman–Crippen LogP) is 3.25. The second kappa shape index (κ2) is 5.75. The van der Waals surface area contributed by atoms with Crippen LogP contribution in [0.3, 0.4) is 0 Å². The number of nitrogens with zero attached hydrogens (tertiary/aromatic N) is 1. The van der Waals surface area contributed by atoms with Crippen molar-refractivity contribution in [2.75, 3.05) is 0 Å². The van der Waals surface area contributed by atoms with Crippen LogP contribution in [0.15, 0.2) is 59.6 Å². The lowest BCUT2D eigenvalue weighted by Gasteiger charge is -2.09. The van der Waals surface area contributed by atoms with Crippen LogP contribution in [0.5, 0.6) is 0 Å². The first-order valence-electron chi connectivity index (χ1n) is 5.78. The molecule has 0 aliphatic carbocycles. The molecule has 3 nitrogen and oxygen atoms in total. The fourth-order valence-corrected chi connectivity index (χ4v) is 1.63. The summed E-state index contributed by atoms with van der Waals surface area (Å²) in [6.07, 6.45) is -4.36. The predicted molar refractivity (Wildman–Crippen MR) is 71.4 cm³/mol. The number of hydrogen-bond acceptors (Lipinski definition) is 2. The van der Waals surface area contributed by atoms with Crippen LogP contribution < -0.4 is 11.3 Å². The molecular weight excluding hydrogens is 267 g/mol. The van der Waals surface area contributed by atoms with Gasteiger partial charge in [-0.15, -0.1) is 0 Å². The molecule has 0 aliphatic rings. The molecule has 6 heteroatoms. The van der Waals surface area contributed by atoms with E-state index >= 15 is 0 Å². The molecule has 0 radical (unpaired) electrons. The number of hydrazine groups is 1. The highest BCUT2D eigenvalue weighted by molar-refractivity contribution is 5.99. The molecule has 0 saturated heterocycles. The first kappa shape index (κ1) is 14.1. The molecule has 20 heavy (non-hydrogen) atoms. The molecule has 104 valence electrons. The van der Waals surface area contributed by atoms with E-state index in [1.807, 2.05) is 6.07 Å². The van der Waals surface area contributed by atoms with Crippen molar-refractivity contribution in [3.63, 3.8) is 0 Å². The molecule has 2 rings (SSSR count). The molecule has 3 N–H and O–H groups in total. The lowest BCUT2D eigenvalue weighted by Crippen LogP contribution is -2.30. The van der Waals surface area contributed by atoms with E-state index < -0.39 is 11.7 Å². The maximum atomic E-state index is 12.5. The van der Waals surface area contributed by atoms with Gasteiger partial charge in [-0.25, -0.2) is 10.8 Å². The van der Waals surface area contributed by atoms with Crippen molar-refractivity contribution in [3.8, 4) is 0 Å². The number of nitrogens with one attached hydrogen (secondary N) is 1. The molecule has 0 amide bonds. The molecule has 2 aromatic carbocycles. The first-order chi connectivity index (χ1) is 9.50. The monoisotopic (exact) mass is 279 g/mol. The molecule has 0 atom stereocenters. The van der Waals surface area contributed by atoms with Gasteiger partial charge in [0.1, 0.15) is 5.84 Å². The van der Waals surface area contributed by atoms with E-state index in [1.54, 1.807) is 24.3 Å². The molecule has 0 aromatic heterocycles. The molecule has 0 fully saturated rings. The third-order valence-electron chi connectivity index (χ3n) is 2.62. The summed E-state index contributed by atoms with van der Waals surface area (Å²) in [6, 6.07) is 13.6. The van der Waals surface area contributed by atoms with Gasteiger partial charge in [-0.3, -0.25) is 0 Å². The number of aliphatic imine (C=N–C) groups is 1. The highest BCUT2D eigenvalue weighted by atomic mass is 19.4. The number of nitrogens with two attached hydrogens (primary N) is 1. The van der Waals surface area contributed by atoms with Gasteiger partial charge < -0.3 is 5.43 Å². The van der Waals surface area contributed by atoms with Gasteiger partial charge in [0.2, 0.25) is 0 Å². The second-order valence-electron chi connectivity index (χ2n) is 4.02. The van der Waals surface area contributed by atoms with E-state index in [0.717, 1.165) is 12.1 Å². The summed E-state index contributed by atoms with van der Waals surface area (Å²) in [6.45, 7) is 0. The highest BCUT2D eigenvalue weighted by Crippen LogP contribution is 2.29. The number of amidine groups is 1. The van der Waals surface area contributed by atoms with Gasteiger partial charge in [0, 0.05) is 5.56 Å². The average Bonchev–Trinajstić information content (AvgIpc) is 2.45. The zero-order chi connectivity index (χ0) is 14.6. The van der Waals surface area contributed by atoms with Crippen LogP contribution in [-0.2, 0) is 6.18 Å². The van der Waals surface area contributed by atoms with E-state index in [1.165, 1.54) is 12.1 Å². The van der Waals surface area contributed by atoms with Gasteiger partial charge in [0.15, 0.2) is 0 Å². The molecule has 0 aliphatic heterocycles. The van der Waals surface area contributed by atoms with Gasteiger partial charge in [0.05, 0.1) is 11.3 Å². The number of para-hydroxylation sites is 1. The van der Waals surface area contributed by atoms with Crippen LogP contribution in [-0.4, -0.2) is 5.84 Å². The normalized spacial score (nSPS) is 12.3. The Balaban J connectivity index is 2.31. The topological polar surface area (TPSA) is 50.4 Å². The average molecular weight is 279 g/mol. The van der Waals surface area contributed by atoms with Crippen LogP contribution in [0.2, 0.25) is 0 Å². The Morgan fingerprint density at radius 1 is 0.950 bits per heavy atom. The largest absolute Gasteiger partial charge is 0.416 e. The summed E-state index contributed by atoms with van der Waals surface area (Å²) in [5, 5.41) is 0. The van der Waals surface area contributed by atoms with Crippen molar-refractivity contribution >= 4 is 11.5 Å². The lowest BCUT2D eigenvalue weighted by molar-refractivity contribution is -0.137. The Bertz CT molecular complexity index is 589. The Morgan fingerprint density at radius 2 is 1.55 bits per heavy atom. The van der Waals surface area contributed by atoms with Crippen LogP contribution >= 0.6 is 0 Å². The summed E-state index contributed by atoms with van der Waals surface area (Å²) in [7, 11) is 0. The smallest absolute Gasteiger partial charge is 0.308 e. The molecule has 0 spiro atoms. The molecule has 0 saturated carbocycles. The lowest BCUT2D eigenvalue weighted by atomic mass is 10.1. The fraction of sp³-hybridized carbons (Fsp3) is 0.0714. The van der Waals surface area contributed by atoms with Gasteiger partial charge in [0.25, 0.3) is 0 Å². The van der Waals surface area contributed by atoms with E-state index in [2.05, 4.69) is 10.4 Å². The molecule has 0 bridgehead atoms. The Kier molecular flexibility index (Phi) is 4.05. The summed E-state index contributed by atoms with van der Waals surface area (Å²) in [4.78, 5) is 4.24. The second-order valence-corrected chi connectivity index (χ2v) is 4.02. The summed E-state index contributed by atoms with van der Waals surface area (Å²) in [5.41, 5.74) is 2.81. The van der Waals surface area contributed by atoms with Crippen molar-refractivity contribution in [2.24, 2.45) is 10.8 Å². The number of rotatable bonds is 2. The van der Waals surface area contributed by atoms with Crippen molar-refractivity contribution in [1.29, 1.82) is 0 Å². The molecule has 0 unspecified atom stereocenters. The van der Waals surface area contributed by atoms with E-state index in [9.17, 15) is 13.2 Å². The molecule has 0 heterocycles. The minimum absolute atomic E-state index is 0.296. The molecular formula is C14H12F3N3. The minimum Gasteiger partial charge on any atom is -0.308 e. The number of alkyl halides is 3. The van der Waals surface area contributed by atoms with E-state index in [0.29, 0.717) is 17.1 Å². The Labute approximate surface area is 113 Å². The summed E-state index contributed by atoms with van der Waals surface area (Å²) < 4.78 is 37.4. The van der Waals surface area contributed by atoms with Crippen LogP contribution in [0, 0.1) is 0 Å². The number of halogens is 3. The summed E-state index contributed by atoms with van der Waals surface area (Å²) in [5.74, 6) is 5.67. The van der Waals surface area contributed by atoms with Gasteiger partial charge in [-0.1, -0.05) is 30.3 Å². The van der Waals surface area contributed by atoms with E-state index in [4.69, 9.17) is 5.84 Å². The van der Waals surface area contributed by atoms with Crippen LogP contribution in [0.4, 0.5) is 18.9 Å². The maximum absolute atomic E-state index is 12.5. The quantitative estimate of drug-likeness (QED) is 0.384. The minimum atomic E-state index is -4.36. The van der Waals surface area contributed by atoms with Crippen molar-refractivity contribution in [1.82, 2.24) is 5.43 Å². The third-order valence-corrected chi connectivity index (χ3v) is 2.62. The zero-order valence-electron chi connectivity index (χ0n) is 10.4. The first-order valence-corrected chi connectivity index (χ1v) is 5.78. The SMILES string of the molecule is NNC(=Nc1ccccc1)c1ccc(C(F)(F)F)cc1. The van der Waals surface area contributed by atoms with Gasteiger partial charge in [-0.05, 0) is 24.3 Å². The number of benzene rings is 2. The summed E-state index contributed by atoms with van der Waals surface area (Å²) >= 11 is 0. The van der Waals surface area contributed by atoms with Crippen molar-refractivity contribution in [3.05, 3.63) is 65.7 Å². The number of hydrogen-bond donors (Lipinski definition) is 2. The van der Waals surface area contributed by atoms with E-state index in [-0.39, 0.29) is 0 Å². The highest BCUT2D eigenvalue weighted by Gasteiger charge is 2.30. The zero-order valence-corrected chi connectivity index (χ0v) is 10.4. The maximum Gasteiger partial charge on any atom is 0.416 e. The van der Waals surface area contributed by atoms with Crippen molar-refractivity contribution in [2.45, 2.75) is 6.18 Å².